The molecule has 0 spiro atoms. The van der Waals surface area contributed by atoms with Crippen LogP contribution in [0, 0.1) is 11.8 Å². The van der Waals surface area contributed by atoms with Gasteiger partial charge < -0.3 is 15.4 Å². The average Bonchev–Trinajstić information content (AvgIpc) is 2.31. The van der Waals surface area contributed by atoms with Gasteiger partial charge in [-0.25, -0.2) is 0 Å². The predicted molar refractivity (Wildman–Crippen MR) is 68.5 cm³/mol. The van der Waals surface area contributed by atoms with Crippen molar-refractivity contribution in [3.8, 4) is 0 Å². The van der Waals surface area contributed by atoms with Crippen molar-refractivity contribution in [3.05, 3.63) is 0 Å². The number of rotatable bonds is 6. The molecule has 0 amide bonds. The van der Waals surface area contributed by atoms with Crippen LogP contribution >= 0.6 is 0 Å². The van der Waals surface area contributed by atoms with E-state index in [2.05, 4.69) is 18.7 Å². The third-order valence-electron chi connectivity index (χ3n) is 3.94. The molecular formula is C13H28N2O. The second-order valence-corrected chi connectivity index (χ2v) is 5.31. The maximum atomic E-state index is 5.62. The van der Waals surface area contributed by atoms with Crippen molar-refractivity contribution in [2.45, 2.75) is 39.2 Å². The number of ether oxygens (including phenoxy) is 1. The number of nitrogens with zero attached hydrogens (tertiary/aromatic N) is 1. The Hall–Kier alpha value is -0.120. The fourth-order valence-electron chi connectivity index (χ4n) is 2.50. The molecule has 3 nitrogen and oxygen atoms in total. The first kappa shape index (κ1) is 13.9. The van der Waals surface area contributed by atoms with Crippen LogP contribution in [0.25, 0.3) is 0 Å². The molecule has 16 heavy (non-hydrogen) atoms. The quantitative estimate of drug-likeness (QED) is 0.752. The first-order chi connectivity index (χ1) is 7.67. The fraction of sp³-hybridized carbons (Fsp3) is 1.00. The van der Waals surface area contributed by atoms with E-state index in [-0.39, 0.29) is 6.10 Å². The van der Waals surface area contributed by atoms with Crippen LogP contribution in [0.15, 0.2) is 0 Å². The molecule has 1 atom stereocenters. The smallest absolute Gasteiger partial charge is 0.0705 e. The van der Waals surface area contributed by atoms with Crippen LogP contribution in [0.1, 0.15) is 33.1 Å². The number of methoxy groups -OCH3 is 1. The Balaban J connectivity index is 2.17. The van der Waals surface area contributed by atoms with Crippen LogP contribution in [-0.2, 0) is 4.74 Å². The van der Waals surface area contributed by atoms with Gasteiger partial charge in [0.25, 0.3) is 0 Å². The lowest BCUT2D eigenvalue weighted by molar-refractivity contribution is 0.0795. The van der Waals surface area contributed by atoms with E-state index < -0.39 is 0 Å². The summed E-state index contributed by atoms with van der Waals surface area (Å²) in [5.74, 6) is 1.78. The predicted octanol–water partition coefficient (Wildman–Crippen LogP) is 1.72. The second-order valence-electron chi connectivity index (χ2n) is 5.31. The normalized spacial score (nSPS) is 21.6. The second kappa shape index (κ2) is 7.25. The van der Waals surface area contributed by atoms with Crippen molar-refractivity contribution in [1.82, 2.24) is 4.90 Å². The Labute approximate surface area is 100 Å². The molecule has 1 aliphatic heterocycles. The molecule has 1 aliphatic rings. The first-order valence-corrected chi connectivity index (χ1v) is 6.62. The minimum Gasteiger partial charge on any atom is -0.380 e. The molecule has 0 aromatic rings. The molecule has 0 aromatic heterocycles. The van der Waals surface area contributed by atoms with E-state index in [4.69, 9.17) is 10.5 Å². The van der Waals surface area contributed by atoms with Crippen molar-refractivity contribution in [2.75, 3.05) is 33.3 Å². The van der Waals surface area contributed by atoms with Crippen molar-refractivity contribution >= 4 is 0 Å². The van der Waals surface area contributed by atoms with Gasteiger partial charge in [0.2, 0.25) is 0 Å². The molecule has 0 aliphatic carbocycles. The van der Waals surface area contributed by atoms with E-state index in [1.807, 2.05) is 0 Å². The van der Waals surface area contributed by atoms with E-state index in [9.17, 15) is 0 Å². The molecule has 1 heterocycles. The summed E-state index contributed by atoms with van der Waals surface area (Å²) in [4.78, 5) is 2.56. The Morgan fingerprint density at radius 2 is 1.94 bits per heavy atom. The summed E-state index contributed by atoms with van der Waals surface area (Å²) in [6, 6.07) is 0. The third kappa shape index (κ3) is 4.40. The Bertz CT molecular complexity index is 173. The van der Waals surface area contributed by atoms with Gasteiger partial charge in [0.1, 0.15) is 0 Å². The monoisotopic (exact) mass is 228 g/mol. The van der Waals surface area contributed by atoms with Gasteiger partial charge in [-0.05, 0) is 44.2 Å². The van der Waals surface area contributed by atoms with Crippen LogP contribution < -0.4 is 5.73 Å². The summed E-state index contributed by atoms with van der Waals surface area (Å²) in [7, 11) is 1.75. The Kier molecular flexibility index (Phi) is 6.32. The van der Waals surface area contributed by atoms with Gasteiger partial charge in [-0.2, -0.15) is 0 Å². The van der Waals surface area contributed by atoms with E-state index in [1.54, 1.807) is 7.11 Å². The highest BCUT2D eigenvalue weighted by Gasteiger charge is 2.21. The molecule has 1 fully saturated rings. The maximum absolute atomic E-state index is 5.62. The molecule has 1 unspecified atom stereocenters. The van der Waals surface area contributed by atoms with Crippen molar-refractivity contribution in [1.29, 1.82) is 0 Å². The molecule has 0 aromatic carbocycles. The van der Waals surface area contributed by atoms with Crippen molar-refractivity contribution < 1.29 is 4.74 Å². The van der Waals surface area contributed by atoms with Crippen LogP contribution in [0.5, 0.6) is 0 Å². The minimum absolute atomic E-state index is 0.239. The standard InChI is InChI=1S/C13H28N2O/c1-11(2)12-4-7-15(8-5-12)9-6-13(10-14)16-3/h11-13H,4-10,14H2,1-3H3. The van der Waals surface area contributed by atoms with Gasteiger partial charge in [0.05, 0.1) is 6.10 Å². The molecule has 96 valence electrons. The molecule has 0 saturated carbocycles. The molecule has 2 N–H and O–H groups in total. The topological polar surface area (TPSA) is 38.5 Å². The lowest BCUT2D eigenvalue weighted by atomic mass is 9.87. The summed E-state index contributed by atoms with van der Waals surface area (Å²) in [6.45, 7) is 8.97. The molecule has 3 heteroatoms. The SMILES string of the molecule is COC(CN)CCN1CCC(C(C)C)CC1. The van der Waals surface area contributed by atoms with Gasteiger partial charge >= 0.3 is 0 Å². The van der Waals surface area contributed by atoms with Crippen LogP contribution in [0.4, 0.5) is 0 Å². The van der Waals surface area contributed by atoms with Gasteiger partial charge in [-0.1, -0.05) is 13.8 Å². The highest BCUT2D eigenvalue weighted by atomic mass is 16.5. The number of piperidine rings is 1. The van der Waals surface area contributed by atoms with E-state index in [0.717, 1.165) is 24.8 Å². The number of hydrogen-bond donors (Lipinski definition) is 1. The van der Waals surface area contributed by atoms with Gasteiger partial charge in [0, 0.05) is 20.2 Å². The zero-order chi connectivity index (χ0) is 12.0. The van der Waals surface area contributed by atoms with Gasteiger partial charge in [0.15, 0.2) is 0 Å². The van der Waals surface area contributed by atoms with Gasteiger partial charge in [-0.3, -0.25) is 0 Å². The molecule has 0 radical (unpaired) electrons. The molecule has 1 rings (SSSR count). The average molecular weight is 228 g/mol. The third-order valence-corrected chi connectivity index (χ3v) is 3.94. The maximum Gasteiger partial charge on any atom is 0.0705 e. The molecule has 1 saturated heterocycles. The lowest BCUT2D eigenvalue weighted by Crippen LogP contribution is -2.38. The number of likely N-dealkylation sites (tertiary alicyclic amines) is 1. The summed E-state index contributed by atoms with van der Waals surface area (Å²) in [5.41, 5.74) is 5.62. The molecule has 0 bridgehead atoms. The Morgan fingerprint density at radius 1 is 1.31 bits per heavy atom. The van der Waals surface area contributed by atoms with Crippen LogP contribution in [0.2, 0.25) is 0 Å². The first-order valence-electron chi connectivity index (χ1n) is 6.62. The van der Waals surface area contributed by atoms with E-state index >= 15 is 0 Å². The minimum atomic E-state index is 0.239. The highest BCUT2D eigenvalue weighted by Crippen LogP contribution is 2.24. The highest BCUT2D eigenvalue weighted by molar-refractivity contribution is 4.75. The lowest BCUT2D eigenvalue weighted by Gasteiger charge is -2.34. The largest absolute Gasteiger partial charge is 0.380 e. The van der Waals surface area contributed by atoms with E-state index in [0.29, 0.717) is 6.54 Å². The summed E-state index contributed by atoms with van der Waals surface area (Å²) < 4.78 is 5.30. The zero-order valence-corrected chi connectivity index (χ0v) is 11.1. The summed E-state index contributed by atoms with van der Waals surface area (Å²) in [6.07, 6.45) is 4.03. The Morgan fingerprint density at radius 3 is 2.38 bits per heavy atom. The summed E-state index contributed by atoms with van der Waals surface area (Å²) >= 11 is 0. The fourth-order valence-corrected chi connectivity index (χ4v) is 2.50. The number of nitrogens with two attached hydrogens (primary N) is 1. The van der Waals surface area contributed by atoms with Crippen molar-refractivity contribution in [3.63, 3.8) is 0 Å². The van der Waals surface area contributed by atoms with Crippen LogP contribution in [0.3, 0.4) is 0 Å². The zero-order valence-electron chi connectivity index (χ0n) is 11.1. The van der Waals surface area contributed by atoms with E-state index in [1.165, 1.54) is 25.9 Å². The molecular weight excluding hydrogens is 200 g/mol. The van der Waals surface area contributed by atoms with Crippen molar-refractivity contribution in [2.24, 2.45) is 17.6 Å². The summed E-state index contributed by atoms with van der Waals surface area (Å²) in [5, 5.41) is 0. The number of hydrogen-bond acceptors (Lipinski definition) is 3. The van der Waals surface area contributed by atoms with Crippen LogP contribution in [-0.4, -0.2) is 44.3 Å². The van der Waals surface area contributed by atoms with Gasteiger partial charge in [-0.15, -0.1) is 0 Å².